The molecule has 1 unspecified atom stereocenters. The number of nitrogens with one attached hydrogen (secondary N) is 1. The van der Waals surface area contributed by atoms with Gasteiger partial charge in [-0.15, -0.1) is 0 Å². The van der Waals surface area contributed by atoms with Gasteiger partial charge >= 0.3 is 0 Å². The number of fused-ring (bicyclic) bond motifs is 1. The molecule has 132 valence electrons. The van der Waals surface area contributed by atoms with Crippen molar-refractivity contribution < 1.29 is 4.74 Å². The van der Waals surface area contributed by atoms with E-state index in [4.69, 9.17) is 4.74 Å². The van der Waals surface area contributed by atoms with E-state index >= 15 is 0 Å². The number of benzene rings is 2. The van der Waals surface area contributed by atoms with E-state index in [0.717, 1.165) is 35.4 Å². The Morgan fingerprint density at radius 1 is 1.23 bits per heavy atom. The molecule has 1 aliphatic rings. The van der Waals surface area contributed by atoms with E-state index in [1.54, 1.807) is 18.0 Å². The van der Waals surface area contributed by atoms with Crippen LogP contribution in [-0.4, -0.2) is 29.4 Å². The number of aromatic nitrogens is 2. The molecule has 0 fully saturated rings. The maximum Gasteiger partial charge on any atom is 0.261 e. The van der Waals surface area contributed by atoms with Crippen LogP contribution < -0.4 is 15.7 Å². The summed E-state index contributed by atoms with van der Waals surface area (Å²) in [5.41, 5.74) is 5.91. The van der Waals surface area contributed by atoms with Crippen molar-refractivity contribution in [1.82, 2.24) is 15.0 Å². The van der Waals surface area contributed by atoms with Gasteiger partial charge in [-0.2, -0.15) is 5.10 Å². The summed E-state index contributed by atoms with van der Waals surface area (Å²) in [6.45, 7) is 1.35. The summed E-state index contributed by atoms with van der Waals surface area (Å²) in [7, 11) is 1.65. The summed E-state index contributed by atoms with van der Waals surface area (Å²) in [6, 6.07) is 13.8. The Bertz CT molecular complexity index is 1010. The monoisotopic (exact) mass is 348 g/mol. The molecule has 0 amide bonds. The van der Waals surface area contributed by atoms with Crippen LogP contribution in [-0.2, 0) is 13.0 Å². The first kappa shape index (κ1) is 16.3. The molecule has 2 aromatic carbocycles. The summed E-state index contributed by atoms with van der Waals surface area (Å²) >= 11 is 0. The molecule has 2 heterocycles. The molecule has 0 radical (unpaired) electrons. The van der Waals surface area contributed by atoms with E-state index in [9.17, 15) is 4.79 Å². The molecular weight excluding hydrogens is 328 g/mol. The maximum absolute atomic E-state index is 12.9. The van der Waals surface area contributed by atoms with Gasteiger partial charge in [-0.25, -0.2) is 4.98 Å². The van der Waals surface area contributed by atoms with Crippen molar-refractivity contribution in [1.29, 1.82) is 0 Å². The van der Waals surface area contributed by atoms with Crippen molar-refractivity contribution in [3.05, 3.63) is 70.3 Å². The topological polar surface area (TPSA) is 68.5 Å². The minimum Gasteiger partial charge on any atom is -0.497 e. The average Bonchev–Trinajstić information content (AvgIpc) is 3.22. The molecule has 3 aromatic rings. The maximum atomic E-state index is 12.9. The molecule has 0 spiro atoms. The predicted octanol–water partition coefficient (Wildman–Crippen LogP) is 2.32. The number of nitrogens with zero attached hydrogens (tertiary/aromatic N) is 3. The molecule has 6 nitrogen and oxygen atoms in total. The molecule has 0 saturated carbocycles. The van der Waals surface area contributed by atoms with Crippen molar-refractivity contribution in [3.63, 3.8) is 0 Å². The van der Waals surface area contributed by atoms with E-state index in [0.29, 0.717) is 11.9 Å². The lowest BCUT2D eigenvalue weighted by molar-refractivity contribution is 0.414. The zero-order chi connectivity index (χ0) is 17.9. The smallest absolute Gasteiger partial charge is 0.261 e. The standard InChI is InChI=1S/C20H20N4O2/c1-26-17-5-2-14(3-6-17)8-9-24-13-21-19-7-4-15(10-18(19)20(24)25)16-11-22-23-12-16/h2-7,10-11,13,16,23H,8-9,12H2,1H3. The first-order chi connectivity index (χ1) is 12.7. The molecule has 1 N–H and O–H groups in total. The largest absolute Gasteiger partial charge is 0.497 e. The van der Waals surface area contributed by atoms with Crippen LogP contribution >= 0.6 is 0 Å². The van der Waals surface area contributed by atoms with Gasteiger partial charge in [0.1, 0.15) is 5.75 Å². The van der Waals surface area contributed by atoms with E-state index < -0.39 is 0 Å². The lowest BCUT2D eigenvalue weighted by atomic mass is 9.99. The summed E-state index contributed by atoms with van der Waals surface area (Å²) in [6.07, 6.45) is 4.27. The quantitative estimate of drug-likeness (QED) is 0.768. The second kappa shape index (κ2) is 7.00. The fourth-order valence-corrected chi connectivity index (χ4v) is 3.16. The third-order valence-corrected chi connectivity index (χ3v) is 4.73. The number of ether oxygens (including phenoxy) is 1. The van der Waals surface area contributed by atoms with Gasteiger partial charge in [-0.05, 0) is 41.8 Å². The molecule has 1 atom stereocenters. The highest BCUT2D eigenvalue weighted by Gasteiger charge is 2.14. The number of hydrogen-bond acceptors (Lipinski definition) is 5. The summed E-state index contributed by atoms with van der Waals surface area (Å²) in [5.74, 6) is 1.03. The molecule has 4 rings (SSSR count). The SMILES string of the molecule is COc1ccc(CCn2cnc3ccc(C4C=NNC4)cc3c2=O)cc1. The van der Waals surface area contributed by atoms with E-state index in [2.05, 4.69) is 15.5 Å². The second-order valence-electron chi connectivity index (χ2n) is 6.36. The van der Waals surface area contributed by atoms with Gasteiger partial charge in [0.25, 0.3) is 5.56 Å². The first-order valence-corrected chi connectivity index (χ1v) is 8.62. The predicted molar refractivity (Wildman–Crippen MR) is 102 cm³/mol. The van der Waals surface area contributed by atoms with Crippen LogP contribution in [0, 0.1) is 0 Å². The van der Waals surface area contributed by atoms with Gasteiger partial charge in [-0.1, -0.05) is 18.2 Å². The number of aryl methyl sites for hydroxylation is 2. The van der Waals surface area contributed by atoms with Gasteiger partial charge < -0.3 is 10.2 Å². The Labute approximate surface area is 151 Å². The second-order valence-corrected chi connectivity index (χ2v) is 6.36. The van der Waals surface area contributed by atoms with Crippen LogP contribution in [0.1, 0.15) is 17.0 Å². The van der Waals surface area contributed by atoms with Crippen molar-refractivity contribution in [2.24, 2.45) is 5.10 Å². The zero-order valence-electron chi connectivity index (χ0n) is 14.6. The number of methoxy groups -OCH3 is 1. The number of hydrogen-bond donors (Lipinski definition) is 1. The van der Waals surface area contributed by atoms with Gasteiger partial charge in [0.2, 0.25) is 0 Å². The van der Waals surface area contributed by atoms with Crippen LogP contribution in [0.25, 0.3) is 10.9 Å². The normalized spacial score (nSPS) is 16.0. The highest BCUT2D eigenvalue weighted by molar-refractivity contribution is 5.80. The van der Waals surface area contributed by atoms with Crippen LogP contribution in [0.3, 0.4) is 0 Å². The highest BCUT2D eigenvalue weighted by atomic mass is 16.5. The summed E-state index contributed by atoms with van der Waals surface area (Å²) in [5, 5.41) is 4.71. The van der Waals surface area contributed by atoms with E-state index in [1.165, 1.54) is 0 Å². The van der Waals surface area contributed by atoms with Gasteiger partial charge in [0, 0.05) is 25.2 Å². The van der Waals surface area contributed by atoms with Gasteiger partial charge in [0.05, 0.1) is 24.3 Å². The molecule has 0 saturated heterocycles. The van der Waals surface area contributed by atoms with E-state index in [-0.39, 0.29) is 11.5 Å². The van der Waals surface area contributed by atoms with Crippen LogP contribution in [0.5, 0.6) is 5.75 Å². The average molecular weight is 348 g/mol. The van der Waals surface area contributed by atoms with Gasteiger partial charge in [-0.3, -0.25) is 9.36 Å². The van der Waals surface area contributed by atoms with Crippen molar-refractivity contribution in [2.45, 2.75) is 18.9 Å². The van der Waals surface area contributed by atoms with Crippen LogP contribution in [0.4, 0.5) is 0 Å². The number of rotatable bonds is 5. The summed E-state index contributed by atoms with van der Waals surface area (Å²) in [4.78, 5) is 17.3. The van der Waals surface area contributed by atoms with Crippen molar-refractivity contribution >= 4 is 17.1 Å². The minimum atomic E-state index is -0.00624. The fraction of sp³-hybridized carbons (Fsp3) is 0.250. The molecule has 1 aliphatic heterocycles. The number of hydrazone groups is 1. The molecule has 0 aliphatic carbocycles. The molecule has 26 heavy (non-hydrogen) atoms. The first-order valence-electron chi connectivity index (χ1n) is 8.62. The lowest BCUT2D eigenvalue weighted by Crippen LogP contribution is -2.22. The Kier molecular flexibility index (Phi) is 4.39. The van der Waals surface area contributed by atoms with Crippen LogP contribution in [0.15, 0.2) is 58.7 Å². The zero-order valence-corrected chi connectivity index (χ0v) is 14.6. The molecular formula is C20H20N4O2. The van der Waals surface area contributed by atoms with Crippen molar-refractivity contribution in [3.8, 4) is 5.75 Å². The molecule has 1 aromatic heterocycles. The molecule has 0 bridgehead atoms. The Hall–Kier alpha value is -3.15. The molecule has 6 heteroatoms. The van der Waals surface area contributed by atoms with E-state index in [1.807, 2.05) is 48.7 Å². The third kappa shape index (κ3) is 3.18. The highest BCUT2D eigenvalue weighted by Crippen LogP contribution is 2.19. The fourth-order valence-electron chi connectivity index (χ4n) is 3.16. The Balaban J connectivity index is 1.59. The third-order valence-electron chi connectivity index (χ3n) is 4.73. The summed E-state index contributed by atoms with van der Waals surface area (Å²) < 4.78 is 6.85. The lowest BCUT2D eigenvalue weighted by Gasteiger charge is -2.10. The van der Waals surface area contributed by atoms with Crippen molar-refractivity contribution in [2.75, 3.05) is 13.7 Å². The van der Waals surface area contributed by atoms with Crippen LogP contribution in [0.2, 0.25) is 0 Å². The Morgan fingerprint density at radius 2 is 2.08 bits per heavy atom. The minimum absolute atomic E-state index is 0.00624. The van der Waals surface area contributed by atoms with Gasteiger partial charge in [0.15, 0.2) is 0 Å². The Morgan fingerprint density at radius 3 is 2.81 bits per heavy atom.